The maximum absolute atomic E-state index is 12.5. The molecule has 1 fully saturated rings. The second-order valence-electron chi connectivity index (χ2n) is 7.26. The Labute approximate surface area is 162 Å². The molecule has 6 nitrogen and oxygen atoms in total. The summed E-state index contributed by atoms with van der Waals surface area (Å²) in [6, 6.07) is 6.87. The quantitative estimate of drug-likeness (QED) is 0.696. The van der Waals surface area contributed by atoms with Crippen LogP contribution in [0.4, 0.5) is 5.69 Å². The first-order valence-electron chi connectivity index (χ1n) is 9.99. The van der Waals surface area contributed by atoms with Crippen LogP contribution in [-0.4, -0.2) is 49.5 Å². The number of hydrogen-bond donors (Lipinski definition) is 2. The van der Waals surface area contributed by atoms with Crippen LogP contribution in [0.2, 0.25) is 0 Å². The average Bonchev–Trinajstić information content (AvgIpc) is 2.71. The molecule has 0 heterocycles. The molecule has 2 N–H and O–H groups in total. The van der Waals surface area contributed by atoms with Crippen molar-refractivity contribution in [2.24, 2.45) is 5.92 Å². The van der Waals surface area contributed by atoms with Crippen molar-refractivity contribution < 1.29 is 14.3 Å². The Balaban J connectivity index is 1.80. The third kappa shape index (κ3) is 6.86. The molecule has 0 aliphatic heterocycles. The lowest BCUT2D eigenvalue weighted by Gasteiger charge is -2.28. The molecule has 0 radical (unpaired) electrons. The number of likely N-dealkylation sites (N-methyl/N-ethyl adjacent to an activating group) is 1. The summed E-state index contributed by atoms with van der Waals surface area (Å²) in [4.78, 5) is 26.7. The fraction of sp³-hybridized carbons (Fsp3) is 0.619. The van der Waals surface area contributed by atoms with E-state index in [4.69, 9.17) is 4.74 Å². The van der Waals surface area contributed by atoms with Crippen molar-refractivity contribution in [1.82, 2.24) is 10.2 Å². The van der Waals surface area contributed by atoms with Gasteiger partial charge in [-0.05, 0) is 56.5 Å². The molecule has 2 rings (SSSR count). The minimum atomic E-state index is -0.333. The van der Waals surface area contributed by atoms with Gasteiger partial charge in [0.05, 0.1) is 19.7 Å². The van der Waals surface area contributed by atoms with E-state index in [9.17, 15) is 9.59 Å². The van der Waals surface area contributed by atoms with E-state index in [-0.39, 0.29) is 24.4 Å². The van der Waals surface area contributed by atoms with Crippen LogP contribution in [0.3, 0.4) is 0 Å². The standard InChI is InChI=1S/C21H33N3O3/c1-4-24(15-20(25)23-18-10-12-19(27-3)13-11-18)16(2)21(26)22-14-17-8-6-5-7-9-17/h10-13,16-17H,4-9,14-15H2,1-3H3,(H,22,26)(H,23,25)/t16-/m1/s1. The van der Waals surface area contributed by atoms with Crippen molar-refractivity contribution in [2.45, 2.75) is 52.0 Å². The lowest BCUT2D eigenvalue weighted by Crippen LogP contribution is -2.48. The van der Waals surface area contributed by atoms with Crippen molar-refractivity contribution in [3.63, 3.8) is 0 Å². The molecule has 0 aromatic heterocycles. The largest absolute Gasteiger partial charge is 0.497 e. The summed E-state index contributed by atoms with van der Waals surface area (Å²) >= 11 is 0. The summed E-state index contributed by atoms with van der Waals surface area (Å²) in [5.74, 6) is 1.21. The third-order valence-corrected chi connectivity index (χ3v) is 5.34. The number of benzene rings is 1. The first kappa shape index (κ1) is 21.2. The predicted octanol–water partition coefficient (Wildman–Crippen LogP) is 3.04. The third-order valence-electron chi connectivity index (χ3n) is 5.34. The smallest absolute Gasteiger partial charge is 0.238 e. The zero-order valence-electron chi connectivity index (χ0n) is 16.8. The number of rotatable bonds is 9. The van der Waals surface area contributed by atoms with E-state index in [2.05, 4.69) is 10.6 Å². The molecular formula is C21H33N3O3. The highest BCUT2D eigenvalue weighted by Gasteiger charge is 2.23. The minimum Gasteiger partial charge on any atom is -0.497 e. The van der Waals surface area contributed by atoms with Crippen LogP contribution in [0, 0.1) is 5.92 Å². The number of carbonyl (C=O) groups excluding carboxylic acids is 2. The molecule has 1 saturated carbocycles. The fourth-order valence-electron chi connectivity index (χ4n) is 3.53. The molecule has 6 heteroatoms. The van der Waals surface area contributed by atoms with Crippen molar-refractivity contribution in [1.29, 1.82) is 0 Å². The number of amides is 2. The molecule has 27 heavy (non-hydrogen) atoms. The number of ether oxygens (including phenoxy) is 1. The van der Waals surface area contributed by atoms with Crippen LogP contribution in [0.15, 0.2) is 24.3 Å². The van der Waals surface area contributed by atoms with E-state index in [1.54, 1.807) is 31.4 Å². The van der Waals surface area contributed by atoms with E-state index in [0.717, 1.165) is 12.3 Å². The number of hydrogen-bond acceptors (Lipinski definition) is 4. The average molecular weight is 376 g/mol. The Bertz CT molecular complexity index is 597. The second kappa shape index (κ2) is 10.9. The number of carbonyl (C=O) groups is 2. The molecule has 1 atom stereocenters. The lowest BCUT2D eigenvalue weighted by atomic mass is 9.89. The second-order valence-corrected chi connectivity index (χ2v) is 7.26. The Morgan fingerprint density at radius 2 is 1.85 bits per heavy atom. The number of anilines is 1. The van der Waals surface area contributed by atoms with Gasteiger partial charge in [0.2, 0.25) is 11.8 Å². The summed E-state index contributed by atoms with van der Waals surface area (Å²) in [6.07, 6.45) is 6.26. The van der Waals surface area contributed by atoms with Gasteiger partial charge >= 0.3 is 0 Å². The maximum atomic E-state index is 12.5. The Morgan fingerprint density at radius 1 is 1.19 bits per heavy atom. The van der Waals surface area contributed by atoms with Gasteiger partial charge in [-0.2, -0.15) is 0 Å². The van der Waals surface area contributed by atoms with Crippen LogP contribution < -0.4 is 15.4 Å². The Hall–Kier alpha value is -2.08. The van der Waals surface area contributed by atoms with Gasteiger partial charge in [0.1, 0.15) is 5.75 Å². The van der Waals surface area contributed by atoms with Crippen LogP contribution in [-0.2, 0) is 9.59 Å². The van der Waals surface area contributed by atoms with E-state index < -0.39 is 0 Å². The number of methoxy groups -OCH3 is 1. The van der Waals surface area contributed by atoms with E-state index in [0.29, 0.717) is 18.2 Å². The predicted molar refractivity (Wildman–Crippen MR) is 108 cm³/mol. The van der Waals surface area contributed by atoms with Crippen LogP contribution in [0.1, 0.15) is 46.0 Å². The van der Waals surface area contributed by atoms with Gasteiger partial charge < -0.3 is 15.4 Å². The van der Waals surface area contributed by atoms with Gasteiger partial charge in [-0.3, -0.25) is 14.5 Å². The van der Waals surface area contributed by atoms with Gasteiger partial charge in [-0.15, -0.1) is 0 Å². The van der Waals surface area contributed by atoms with Crippen LogP contribution in [0.5, 0.6) is 5.75 Å². The summed E-state index contributed by atoms with van der Waals surface area (Å²) < 4.78 is 5.12. The van der Waals surface area contributed by atoms with Gasteiger partial charge in [0.25, 0.3) is 0 Å². The minimum absolute atomic E-state index is 0.000305. The Kier molecular flexibility index (Phi) is 8.58. The SMILES string of the molecule is CCN(CC(=O)Nc1ccc(OC)cc1)[C@H](C)C(=O)NCC1CCCCC1. The molecule has 0 unspecified atom stereocenters. The van der Waals surface area contributed by atoms with Gasteiger partial charge in [-0.25, -0.2) is 0 Å². The van der Waals surface area contributed by atoms with Crippen LogP contribution >= 0.6 is 0 Å². The monoisotopic (exact) mass is 375 g/mol. The topological polar surface area (TPSA) is 70.7 Å². The molecular weight excluding hydrogens is 342 g/mol. The van der Waals surface area contributed by atoms with Crippen molar-refractivity contribution >= 4 is 17.5 Å². The summed E-state index contributed by atoms with van der Waals surface area (Å²) in [7, 11) is 1.60. The summed E-state index contributed by atoms with van der Waals surface area (Å²) in [6.45, 7) is 5.39. The number of nitrogens with zero attached hydrogens (tertiary/aromatic N) is 1. The molecule has 0 saturated heterocycles. The van der Waals surface area contributed by atoms with Crippen molar-refractivity contribution in [3.8, 4) is 5.75 Å². The van der Waals surface area contributed by atoms with E-state index in [1.165, 1.54) is 32.1 Å². The summed E-state index contributed by atoms with van der Waals surface area (Å²) in [5, 5.41) is 5.94. The van der Waals surface area contributed by atoms with E-state index >= 15 is 0 Å². The molecule has 2 amide bonds. The van der Waals surface area contributed by atoms with Gasteiger partial charge in [0, 0.05) is 12.2 Å². The van der Waals surface area contributed by atoms with Gasteiger partial charge in [0.15, 0.2) is 0 Å². The fourth-order valence-corrected chi connectivity index (χ4v) is 3.53. The maximum Gasteiger partial charge on any atom is 0.238 e. The molecule has 0 spiro atoms. The lowest BCUT2D eigenvalue weighted by molar-refractivity contribution is -0.127. The normalized spacial score (nSPS) is 16.0. The molecule has 1 aromatic rings. The molecule has 0 bridgehead atoms. The Morgan fingerprint density at radius 3 is 2.44 bits per heavy atom. The first-order valence-corrected chi connectivity index (χ1v) is 9.99. The van der Waals surface area contributed by atoms with E-state index in [1.807, 2.05) is 18.7 Å². The molecule has 1 aromatic carbocycles. The van der Waals surface area contributed by atoms with Crippen molar-refractivity contribution in [2.75, 3.05) is 32.1 Å². The zero-order valence-corrected chi connectivity index (χ0v) is 16.8. The van der Waals surface area contributed by atoms with Crippen molar-refractivity contribution in [3.05, 3.63) is 24.3 Å². The highest BCUT2D eigenvalue weighted by atomic mass is 16.5. The molecule has 1 aliphatic carbocycles. The van der Waals surface area contributed by atoms with Crippen LogP contribution in [0.25, 0.3) is 0 Å². The highest BCUT2D eigenvalue weighted by molar-refractivity contribution is 5.92. The number of nitrogens with one attached hydrogen (secondary N) is 2. The highest BCUT2D eigenvalue weighted by Crippen LogP contribution is 2.22. The molecule has 1 aliphatic rings. The molecule has 150 valence electrons. The first-order chi connectivity index (χ1) is 13.0. The van der Waals surface area contributed by atoms with Gasteiger partial charge in [-0.1, -0.05) is 26.2 Å². The zero-order chi connectivity index (χ0) is 19.6. The summed E-state index contributed by atoms with van der Waals surface area (Å²) in [5.41, 5.74) is 0.714.